The average Bonchev–Trinajstić information content (AvgIpc) is 2.74. The fourth-order valence-electron chi connectivity index (χ4n) is 2.69. The van der Waals surface area contributed by atoms with Crippen LogP contribution in [0.1, 0.15) is 28.6 Å². The van der Waals surface area contributed by atoms with E-state index in [-0.39, 0.29) is 6.04 Å². The zero-order valence-electron chi connectivity index (χ0n) is 12.8. The van der Waals surface area contributed by atoms with Gasteiger partial charge in [0, 0.05) is 11.7 Å². The standard InChI is InChI=1S/C18H21N3/c1-12-13(2)20-21(14(12)3)11-18(19)17-9-8-15-6-4-5-7-16(15)10-17/h4-10,18H,11,19H2,1-3H3. The van der Waals surface area contributed by atoms with E-state index in [9.17, 15) is 0 Å². The van der Waals surface area contributed by atoms with Gasteiger partial charge in [0.2, 0.25) is 0 Å². The van der Waals surface area contributed by atoms with E-state index in [0.29, 0.717) is 6.54 Å². The van der Waals surface area contributed by atoms with Gasteiger partial charge in [0.1, 0.15) is 0 Å². The summed E-state index contributed by atoms with van der Waals surface area (Å²) in [5, 5.41) is 7.05. The Morgan fingerprint density at radius 2 is 1.76 bits per heavy atom. The van der Waals surface area contributed by atoms with E-state index in [1.807, 2.05) is 11.6 Å². The predicted octanol–water partition coefficient (Wildman–Crippen LogP) is 3.66. The molecule has 0 spiro atoms. The SMILES string of the molecule is Cc1nn(CC(N)c2ccc3ccccc3c2)c(C)c1C. The van der Waals surface area contributed by atoms with Crippen molar-refractivity contribution in [3.63, 3.8) is 0 Å². The van der Waals surface area contributed by atoms with Crippen LogP contribution in [-0.2, 0) is 6.54 Å². The first-order valence-corrected chi connectivity index (χ1v) is 7.31. The first-order chi connectivity index (χ1) is 10.1. The molecule has 0 saturated heterocycles. The topological polar surface area (TPSA) is 43.8 Å². The van der Waals surface area contributed by atoms with Gasteiger partial charge in [-0.05, 0) is 48.7 Å². The fourth-order valence-corrected chi connectivity index (χ4v) is 2.69. The monoisotopic (exact) mass is 279 g/mol. The maximum atomic E-state index is 6.39. The highest BCUT2D eigenvalue weighted by atomic mass is 15.3. The van der Waals surface area contributed by atoms with Crippen molar-refractivity contribution in [2.75, 3.05) is 0 Å². The molecule has 2 N–H and O–H groups in total. The molecule has 21 heavy (non-hydrogen) atoms. The average molecular weight is 279 g/mol. The first-order valence-electron chi connectivity index (χ1n) is 7.31. The van der Waals surface area contributed by atoms with Gasteiger partial charge in [0.05, 0.1) is 12.2 Å². The molecule has 3 rings (SSSR count). The minimum absolute atomic E-state index is 0.0491. The van der Waals surface area contributed by atoms with Gasteiger partial charge in [-0.1, -0.05) is 36.4 Å². The summed E-state index contributed by atoms with van der Waals surface area (Å²) >= 11 is 0. The Labute approximate surface area is 125 Å². The number of nitrogens with two attached hydrogens (primary N) is 1. The van der Waals surface area contributed by atoms with E-state index in [2.05, 4.69) is 61.4 Å². The smallest absolute Gasteiger partial charge is 0.0625 e. The van der Waals surface area contributed by atoms with E-state index in [1.165, 1.54) is 22.0 Å². The van der Waals surface area contributed by atoms with E-state index < -0.39 is 0 Å². The molecule has 0 fully saturated rings. The Morgan fingerprint density at radius 1 is 1.05 bits per heavy atom. The van der Waals surface area contributed by atoms with Gasteiger partial charge in [-0.25, -0.2) is 0 Å². The zero-order chi connectivity index (χ0) is 15.0. The molecule has 3 heteroatoms. The largest absolute Gasteiger partial charge is 0.322 e. The molecular weight excluding hydrogens is 258 g/mol. The second-order valence-electron chi connectivity index (χ2n) is 5.69. The number of rotatable bonds is 3. The first kappa shape index (κ1) is 13.8. The molecule has 2 aromatic carbocycles. The van der Waals surface area contributed by atoms with Gasteiger partial charge < -0.3 is 5.73 Å². The Balaban J connectivity index is 1.89. The number of aryl methyl sites for hydroxylation is 1. The number of nitrogens with zero attached hydrogens (tertiary/aromatic N) is 2. The zero-order valence-corrected chi connectivity index (χ0v) is 12.8. The molecule has 0 amide bonds. The molecule has 1 aromatic heterocycles. The summed E-state index contributed by atoms with van der Waals surface area (Å²) in [6.45, 7) is 6.96. The summed E-state index contributed by atoms with van der Waals surface area (Å²) < 4.78 is 2.02. The van der Waals surface area contributed by atoms with E-state index in [0.717, 1.165) is 11.3 Å². The summed E-state index contributed by atoms with van der Waals surface area (Å²) in [5.74, 6) is 0. The van der Waals surface area contributed by atoms with Crippen LogP contribution in [0.25, 0.3) is 10.8 Å². The molecule has 0 aliphatic rings. The van der Waals surface area contributed by atoms with Crippen LogP contribution in [-0.4, -0.2) is 9.78 Å². The van der Waals surface area contributed by atoms with Crippen LogP contribution in [0.2, 0.25) is 0 Å². The van der Waals surface area contributed by atoms with Gasteiger partial charge in [-0.2, -0.15) is 5.10 Å². The lowest BCUT2D eigenvalue weighted by atomic mass is 10.0. The normalized spacial score (nSPS) is 12.8. The molecule has 108 valence electrons. The van der Waals surface area contributed by atoms with Crippen molar-refractivity contribution >= 4 is 10.8 Å². The molecule has 0 bridgehead atoms. The van der Waals surface area contributed by atoms with Crippen LogP contribution < -0.4 is 5.73 Å². The van der Waals surface area contributed by atoms with E-state index >= 15 is 0 Å². The maximum Gasteiger partial charge on any atom is 0.0625 e. The predicted molar refractivity (Wildman–Crippen MR) is 87.3 cm³/mol. The molecule has 1 atom stereocenters. The number of fused-ring (bicyclic) bond motifs is 1. The minimum atomic E-state index is -0.0491. The molecular formula is C18H21N3. The molecule has 1 heterocycles. The number of hydrogen-bond acceptors (Lipinski definition) is 2. The molecule has 0 radical (unpaired) electrons. The summed E-state index contributed by atoms with van der Waals surface area (Å²) in [6, 6.07) is 14.7. The van der Waals surface area contributed by atoms with Crippen molar-refractivity contribution in [3.8, 4) is 0 Å². The van der Waals surface area contributed by atoms with Crippen molar-refractivity contribution in [1.29, 1.82) is 0 Å². The van der Waals surface area contributed by atoms with Crippen LogP contribution in [0.5, 0.6) is 0 Å². The summed E-state index contributed by atoms with van der Waals surface area (Å²) in [5.41, 5.74) is 11.1. The Kier molecular flexibility index (Phi) is 3.52. The second kappa shape index (κ2) is 5.34. The lowest BCUT2D eigenvalue weighted by molar-refractivity contribution is 0.515. The van der Waals surface area contributed by atoms with Gasteiger partial charge in [0.15, 0.2) is 0 Å². The third kappa shape index (κ3) is 2.57. The Bertz CT molecular complexity index is 786. The van der Waals surface area contributed by atoms with Gasteiger partial charge in [-0.3, -0.25) is 4.68 Å². The number of hydrogen-bond donors (Lipinski definition) is 1. The Morgan fingerprint density at radius 3 is 2.43 bits per heavy atom. The second-order valence-corrected chi connectivity index (χ2v) is 5.69. The van der Waals surface area contributed by atoms with Crippen LogP contribution in [0, 0.1) is 20.8 Å². The molecule has 0 aliphatic heterocycles. The molecule has 0 aliphatic carbocycles. The van der Waals surface area contributed by atoms with E-state index in [4.69, 9.17) is 5.73 Å². The summed E-state index contributed by atoms with van der Waals surface area (Å²) in [7, 11) is 0. The van der Waals surface area contributed by atoms with Crippen molar-refractivity contribution in [2.45, 2.75) is 33.4 Å². The highest BCUT2D eigenvalue weighted by Crippen LogP contribution is 2.21. The molecule has 0 saturated carbocycles. The van der Waals surface area contributed by atoms with E-state index in [1.54, 1.807) is 0 Å². The quantitative estimate of drug-likeness (QED) is 0.795. The summed E-state index contributed by atoms with van der Waals surface area (Å²) in [6.07, 6.45) is 0. The van der Waals surface area contributed by atoms with Crippen molar-refractivity contribution in [1.82, 2.24) is 9.78 Å². The highest BCUT2D eigenvalue weighted by Gasteiger charge is 2.12. The van der Waals surface area contributed by atoms with Crippen molar-refractivity contribution < 1.29 is 0 Å². The van der Waals surface area contributed by atoms with Crippen molar-refractivity contribution in [2.24, 2.45) is 5.73 Å². The van der Waals surface area contributed by atoms with Crippen LogP contribution >= 0.6 is 0 Å². The lowest BCUT2D eigenvalue weighted by Crippen LogP contribution is -2.19. The maximum absolute atomic E-state index is 6.39. The molecule has 1 unspecified atom stereocenters. The lowest BCUT2D eigenvalue weighted by Gasteiger charge is -2.14. The van der Waals surface area contributed by atoms with Gasteiger partial charge >= 0.3 is 0 Å². The summed E-state index contributed by atoms with van der Waals surface area (Å²) in [4.78, 5) is 0. The van der Waals surface area contributed by atoms with Gasteiger partial charge in [-0.15, -0.1) is 0 Å². The fraction of sp³-hybridized carbons (Fsp3) is 0.278. The van der Waals surface area contributed by atoms with Gasteiger partial charge in [0.25, 0.3) is 0 Å². The van der Waals surface area contributed by atoms with Crippen LogP contribution in [0.4, 0.5) is 0 Å². The third-order valence-corrected chi connectivity index (χ3v) is 4.31. The minimum Gasteiger partial charge on any atom is -0.322 e. The van der Waals surface area contributed by atoms with Crippen molar-refractivity contribution in [3.05, 3.63) is 65.0 Å². The Hall–Kier alpha value is -2.13. The number of benzene rings is 2. The molecule has 3 nitrogen and oxygen atoms in total. The number of aromatic nitrogens is 2. The third-order valence-electron chi connectivity index (χ3n) is 4.31. The molecule has 3 aromatic rings. The van der Waals surface area contributed by atoms with Crippen LogP contribution in [0.15, 0.2) is 42.5 Å². The van der Waals surface area contributed by atoms with Crippen LogP contribution in [0.3, 0.4) is 0 Å². The highest BCUT2D eigenvalue weighted by molar-refractivity contribution is 5.83.